The molecule has 2 aliphatic rings. The maximum absolute atomic E-state index is 6.29. The Hall–Kier alpha value is -2.10. The number of hydrogen-bond acceptors (Lipinski definition) is 2. The van der Waals surface area contributed by atoms with Crippen molar-refractivity contribution in [2.24, 2.45) is 0 Å². The van der Waals surface area contributed by atoms with E-state index in [-0.39, 0.29) is 18.3 Å². The second-order valence-corrected chi connectivity index (χ2v) is 8.56. The Balaban J connectivity index is 1.70. The van der Waals surface area contributed by atoms with Gasteiger partial charge >= 0.3 is 7.12 Å². The van der Waals surface area contributed by atoms with E-state index in [1.165, 1.54) is 38.6 Å². The smallest absolute Gasteiger partial charge is 0.399 e. The number of fused-ring (bicyclic) bond motifs is 3. The predicted molar refractivity (Wildman–Crippen MR) is 109 cm³/mol. The Labute approximate surface area is 155 Å². The van der Waals surface area contributed by atoms with Crippen LogP contribution in [0.25, 0.3) is 33.0 Å². The van der Waals surface area contributed by atoms with Crippen molar-refractivity contribution in [3.63, 3.8) is 0 Å². The van der Waals surface area contributed by atoms with Crippen LogP contribution in [0.2, 0.25) is 0 Å². The zero-order chi connectivity index (χ0) is 18.3. The van der Waals surface area contributed by atoms with Crippen LogP contribution in [0.15, 0.2) is 48.5 Å². The summed E-state index contributed by atoms with van der Waals surface area (Å²) in [6, 6.07) is 17.6. The molecule has 3 aromatic carbocycles. The molecule has 0 saturated carbocycles. The topological polar surface area (TPSA) is 18.5 Å². The lowest BCUT2D eigenvalue weighted by Gasteiger charge is -2.32. The quantitative estimate of drug-likeness (QED) is 0.448. The summed E-state index contributed by atoms with van der Waals surface area (Å²) in [5, 5.41) is 2.66. The summed E-state index contributed by atoms with van der Waals surface area (Å²) in [6.07, 6.45) is 0. The fourth-order valence-electron chi connectivity index (χ4n) is 4.27. The van der Waals surface area contributed by atoms with Gasteiger partial charge in [-0.25, -0.2) is 0 Å². The zero-order valence-electron chi connectivity index (χ0n) is 16.0. The molecule has 3 heteroatoms. The van der Waals surface area contributed by atoms with Gasteiger partial charge in [0, 0.05) is 0 Å². The lowest BCUT2D eigenvalue weighted by Crippen LogP contribution is -2.41. The third-order valence-electron chi connectivity index (χ3n) is 6.35. The van der Waals surface area contributed by atoms with E-state index >= 15 is 0 Å². The first-order chi connectivity index (χ1) is 12.3. The summed E-state index contributed by atoms with van der Waals surface area (Å²) in [5.74, 6) is 0. The summed E-state index contributed by atoms with van der Waals surface area (Å²) in [7, 11) is -0.327. The molecule has 26 heavy (non-hydrogen) atoms. The minimum Gasteiger partial charge on any atom is -0.399 e. The molecule has 3 aromatic rings. The molecule has 0 amide bonds. The van der Waals surface area contributed by atoms with Crippen LogP contribution in [-0.4, -0.2) is 18.3 Å². The van der Waals surface area contributed by atoms with Crippen molar-refractivity contribution in [2.75, 3.05) is 0 Å². The Kier molecular flexibility index (Phi) is 3.09. The second-order valence-electron chi connectivity index (χ2n) is 8.56. The van der Waals surface area contributed by atoms with Gasteiger partial charge in [0.25, 0.3) is 0 Å². The maximum Gasteiger partial charge on any atom is 0.494 e. The minimum absolute atomic E-state index is 0.326. The first-order valence-electron chi connectivity index (χ1n) is 9.31. The number of aryl methyl sites for hydroxylation is 1. The van der Waals surface area contributed by atoms with E-state index in [0.717, 1.165) is 5.46 Å². The van der Waals surface area contributed by atoms with Gasteiger partial charge in [-0.2, -0.15) is 0 Å². The van der Waals surface area contributed by atoms with Crippen molar-refractivity contribution in [1.82, 2.24) is 0 Å². The molecule has 0 unspecified atom stereocenters. The van der Waals surface area contributed by atoms with Crippen molar-refractivity contribution >= 4 is 23.4 Å². The lowest BCUT2D eigenvalue weighted by atomic mass is 9.76. The standard InChI is InChI=1S/C23H23BO2/c1-14-12-16(24-25-22(2,3)23(4,5)26-24)13-19-17-10-6-8-15-9-7-11-18(20(14)19)21(15)17/h6-13H,1-5H3. The highest BCUT2D eigenvalue weighted by atomic mass is 16.7. The fraction of sp³-hybridized carbons (Fsp3) is 0.304. The van der Waals surface area contributed by atoms with E-state index in [2.05, 4.69) is 83.1 Å². The van der Waals surface area contributed by atoms with Gasteiger partial charge in [0.1, 0.15) is 0 Å². The Morgan fingerprint density at radius 2 is 1.38 bits per heavy atom. The number of hydrogen-bond donors (Lipinski definition) is 0. The van der Waals surface area contributed by atoms with Crippen LogP contribution in [-0.2, 0) is 9.31 Å². The minimum atomic E-state index is -0.327. The van der Waals surface area contributed by atoms with Gasteiger partial charge in [0.15, 0.2) is 0 Å². The molecule has 0 bridgehead atoms. The number of benzene rings is 3. The summed E-state index contributed by atoms with van der Waals surface area (Å²) >= 11 is 0. The van der Waals surface area contributed by atoms with Crippen LogP contribution in [0, 0.1) is 6.92 Å². The van der Waals surface area contributed by atoms with E-state index in [4.69, 9.17) is 9.31 Å². The molecular weight excluding hydrogens is 319 g/mol. The molecule has 0 atom stereocenters. The monoisotopic (exact) mass is 342 g/mol. The molecule has 1 aliphatic heterocycles. The second kappa shape index (κ2) is 5.00. The SMILES string of the molecule is Cc1cc(B2OC(C)(C)C(C)(C)O2)cc2c1-c1cccc3cccc-2c13. The molecule has 2 nitrogen and oxygen atoms in total. The highest BCUT2D eigenvalue weighted by Gasteiger charge is 2.51. The third-order valence-corrected chi connectivity index (χ3v) is 6.35. The Bertz CT molecular complexity index is 1040. The zero-order valence-corrected chi connectivity index (χ0v) is 16.0. The number of rotatable bonds is 1. The maximum atomic E-state index is 6.29. The Morgan fingerprint density at radius 3 is 2.04 bits per heavy atom. The largest absolute Gasteiger partial charge is 0.494 e. The molecule has 1 fully saturated rings. The van der Waals surface area contributed by atoms with Crippen molar-refractivity contribution < 1.29 is 9.31 Å². The van der Waals surface area contributed by atoms with Gasteiger partial charge in [-0.3, -0.25) is 0 Å². The van der Waals surface area contributed by atoms with Crippen LogP contribution in [0.3, 0.4) is 0 Å². The van der Waals surface area contributed by atoms with Crippen molar-refractivity contribution in [2.45, 2.75) is 45.8 Å². The van der Waals surface area contributed by atoms with Crippen LogP contribution in [0.1, 0.15) is 33.3 Å². The van der Waals surface area contributed by atoms with E-state index in [1.807, 2.05) is 0 Å². The van der Waals surface area contributed by atoms with Gasteiger partial charge in [0.2, 0.25) is 0 Å². The van der Waals surface area contributed by atoms with Crippen molar-refractivity contribution in [3.8, 4) is 22.3 Å². The first-order valence-corrected chi connectivity index (χ1v) is 9.31. The molecule has 5 rings (SSSR count). The summed E-state index contributed by atoms with van der Waals surface area (Å²) in [5.41, 5.74) is 7.01. The van der Waals surface area contributed by atoms with Crippen LogP contribution < -0.4 is 5.46 Å². The molecule has 0 aromatic heterocycles. The van der Waals surface area contributed by atoms with Gasteiger partial charge in [-0.05, 0) is 78.7 Å². The highest BCUT2D eigenvalue weighted by Crippen LogP contribution is 2.48. The van der Waals surface area contributed by atoms with Gasteiger partial charge in [-0.1, -0.05) is 48.5 Å². The first kappa shape index (κ1) is 16.1. The molecule has 0 N–H and O–H groups in total. The summed E-state index contributed by atoms with van der Waals surface area (Å²) in [4.78, 5) is 0. The van der Waals surface area contributed by atoms with E-state index in [9.17, 15) is 0 Å². The van der Waals surface area contributed by atoms with E-state index < -0.39 is 0 Å². The molecule has 0 spiro atoms. The van der Waals surface area contributed by atoms with Gasteiger partial charge < -0.3 is 9.31 Å². The fourth-order valence-corrected chi connectivity index (χ4v) is 4.27. The van der Waals surface area contributed by atoms with E-state index in [1.54, 1.807) is 0 Å². The normalized spacial score (nSPS) is 19.2. The van der Waals surface area contributed by atoms with E-state index in [0.29, 0.717) is 0 Å². The average molecular weight is 342 g/mol. The molecule has 1 aliphatic carbocycles. The lowest BCUT2D eigenvalue weighted by molar-refractivity contribution is 0.00578. The molecule has 0 radical (unpaired) electrons. The van der Waals surface area contributed by atoms with Crippen LogP contribution in [0.5, 0.6) is 0 Å². The third kappa shape index (κ3) is 2.02. The highest BCUT2D eigenvalue weighted by molar-refractivity contribution is 6.62. The van der Waals surface area contributed by atoms with Crippen molar-refractivity contribution in [3.05, 3.63) is 54.1 Å². The van der Waals surface area contributed by atoms with Gasteiger partial charge in [0.05, 0.1) is 11.2 Å². The van der Waals surface area contributed by atoms with Gasteiger partial charge in [-0.15, -0.1) is 0 Å². The summed E-state index contributed by atoms with van der Waals surface area (Å²) < 4.78 is 12.6. The molecular formula is C23H23BO2. The molecule has 130 valence electrons. The average Bonchev–Trinajstić information content (AvgIpc) is 3.01. The van der Waals surface area contributed by atoms with Crippen LogP contribution in [0.4, 0.5) is 0 Å². The predicted octanol–water partition coefficient (Wildman–Crippen LogP) is 5.09. The molecule has 1 saturated heterocycles. The summed E-state index contributed by atoms with van der Waals surface area (Å²) in [6.45, 7) is 10.6. The van der Waals surface area contributed by atoms with Crippen molar-refractivity contribution in [1.29, 1.82) is 0 Å². The molecule has 1 heterocycles. The Morgan fingerprint density at radius 1 is 0.769 bits per heavy atom. The van der Waals surface area contributed by atoms with Crippen LogP contribution >= 0.6 is 0 Å².